The molecule has 1 aliphatic carbocycles. The maximum Gasteiger partial charge on any atom is 0.257 e. The van der Waals surface area contributed by atoms with E-state index in [4.69, 9.17) is 16.2 Å². The number of anilines is 2. The van der Waals surface area contributed by atoms with Crippen LogP contribution in [-0.2, 0) is 0 Å². The minimum Gasteiger partial charge on any atom is -0.475 e. The number of rotatable bonds is 4. The van der Waals surface area contributed by atoms with Crippen molar-refractivity contribution < 1.29 is 9.13 Å². The lowest BCUT2D eigenvalue weighted by atomic mass is 10.2. The van der Waals surface area contributed by atoms with Crippen LogP contribution in [0.1, 0.15) is 18.0 Å². The summed E-state index contributed by atoms with van der Waals surface area (Å²) in [4.78, 5) is 11.5. The van der Waals surface area contributed by atoms with Crippen LogP contribution in [-0.4, -0.2) is 21.6 Å². The SMILES string of the molecule is Nc1nc(N)c(F)c(OC[C@H]2C[C@@H]2c2ccccn2)n1. The molecule has 1 aliphatic rings. The second-order valence-electron chi connectivity index (χ2n) is 4.75. The van der Waals surface area contributed by atoms with Gasteiger partial charge in [-0.15, -0.1) is 0 Å². The molecule has 20 heavy (non-hydrogen) atoms. The smallest absolute Gasteiger partial charge is 0.257 e. The summed E-state index contributed by atoms with van der Waals surface area (Å²) in [5.41, 5.74) is 11.8. The molecule has 3 rings (SSSR count). The Balaban J connectivity index is 1.62. The molecule has 2 aromatic rings. The monoisotopic (exact) mass is 275 g/mol. The standard InChI is InChI=1S/C13H14FN5O/c14-10-11(15)18-13(16)19-12(10)20-6-7-5-8(7)9-3-1-2-4-17-9/h1-4,7-8H,5-6H2,(H4,15,16,18,19)/t7-,8+/m1/s1. The molecule has 0 spiro atoms. The van der Waals surface area contributed by atoms with Gasteiger partial charge in [0.15, 0.2) is 5.82 Å². The van der Waals surface area contributed by atoms with Gasteiger partial charge in [-0.1, -0.05) is 6.07 Å². The van der Waals surface area contributed by atoms with E-state index < -0.39 is 5.82 Å². The van der Waals surface area contributed by atoms with E-state index in [0.29, 0.717) is 18.4 Å². The number of nitrogens with two attached hydrogens (primary N) is 2. The van der Waals surface area contributed by atoms with Crippen LogP contribution in [0.15, 0.2) is 24.4 Å². The Kier molecular flexibility index (Phi) is 3.09. The summed E-state index contributed by atoms with van der Waals surface area (Å²) < 4.78 is 19.0. The summed E-state index contributed by atoms with van der Waals surface area (Å²) >= 11 is 0. The van der Waals surface area contributed by atoms with Gasteiger partial charge in [-0.2, -0.15) is 14.4 Å². The highest BCUT2D eigenvalue weighted by Gasteiger charge is 2.40. The van der Waals surface area contributed by atoms with E-state index in [0.717, 1.165) is 12.1 Å². The molecule has 0 radical (unpaired) electrons. The molecule has 0 bridgehead atoms. The van der Waals surface area contributed by atoms with E-state index in [1.165, 1.54) is 0 Å². The Hall–Kier alpha value is -2.44. The fraction of sp³-hybridized carbons (Fsp3) is 0.308. The van der Waals surface area contributed by atoms with Crippen LogP contribution < -0.4 is 16.2 Å². The summed E-state index contributed by atoms with van der Waals surface area (Å²) in [6, 6.07) is 5.80. The topological polar surface area (TPSA) is 99.9 Å². The first-order valence-corrected chi connectivity index (χ1v) is 6.27. The number of aromatic nitrogens is 3. The van der Waals surface area contributed by atoms with Crippen LogP contribution in [0, 0.1) is 11.7 Å². The van der Waals surface area contributed by atoms with Gasteiger partial charge < -0.3 is 16.2 Å². The zero-order chi connectivity index (χ0) is 14.1. The fourth-order valence-corrected chi connectivity index (χ4v) is 2.13. The number of hydrogen-bond donors (Lipinski definition) is 2. The van der Waals surface area contributed by atoms with Gasteiger partial charge in [0.2, 0.25) is 11.8 Å². The molecular weight excluding hydrogens is 261 g/mol. The van der Waals surface area contributed by atoms with Gasteiger partial charge in [0, 0.05) is 23.7 Å². The van der Waals surface area contributed by atoms with Crippen LogP contribution >= 0.6 is 0 Å². The van der Waals surface area contributed by atoms with E-state index in [2.05, 4.69) is 15.0 Å². The number of hydrogen-bond acceptors (Lipinski definition) is 6. The number of nitrogens with zero attached hydrogens (tertiary/aromatic N) is 3. The first-order valence-electron chi connectivity index (χ1n) is 6.27. The van der Waals surface area contributed by atoms with E-state index >= 15 is 0 Å². The lowest BCUT2D eigenvalue weighted by Gasteiger charge is -2.07. The molecule has 2 atom stereocenters. The van der Waals surface area contributed by atoms with Crippen molar-refractivity contribution in [3.8, 4) is 5.88 Å². The molecule has 0 unspecified atom stereocenters. The predicted molar refractivity (Wildman–Crippen MR) is 71.4 cm³/mol. The van der Waals surface area contributed by atoms with Crippen molar-refractivity contribution in [3.63, 3.8) is 0 Å². The van der Waals surface area contributed by atoms with Crippen LogP contribution in [0.2, 0.25) is 0 Å². The normalized spacial score (nSPS) is 20.6. The Morgan fingerprint density at radius 3 is 2.90 bits per heavy atom. The Bertz CT molecular complexity index is 622. The summed E-state index contributed by atoms with van der Waals surface area (Å²) in [7, 11) is 0. The molecule has 1 saturated carbocycles. The highest BCUT2D eigenvalue weighted by Crippen LogP contribution is 2.46. The van der Waals surface area contributed by atoms with Crippen molar-refractivity contribution in [2.45, 2.75) is 12.3 Å². The molecule has 4 N–H and O–H groups in total. The quantitative estimate of drug-likeness (QED) is 0.873. The molecule has 104 valence electrons. The fourth-order valence-electron chi connectivity index (χ4n) is 2.13. The van der Waals surface area contributed by atoms with Gasteiger partial charge in [-0.05, 0) is 18.6 Å². The maximum absolute atomic E-state index is 13.6. The largest absolute Gasteiger partial charge is 0.475 e. The van der Waals surface area contributed by atoms with Crippen LogP contribution in [0.25, 0.3) is 0 Å². The molecule has 2 heterocycles. The van der Waals surface area contributed by atoms with Crippen LogP contribution in [0.5, 0.6) is 5.88 Å². The molecule has 0 amide bonds. The summed E-state index contributed by atoms with van der Waals surface area (Å²) in [6.07, 6.45) is 2.73. The second-order valence-corrected chi connectivity index (χ2v) is 4.75. The molecule has 1 fully saturated rings. The molecule has 2 aromatic heterocycles. The van der Waals surface area contributed by atoms with Crippen LogP contribution in [0.4, 0.5) is 16.2 Å². The van der Waals surface area contributed by atoms with Gasteiger partial charge in [-0.25, -0.2) is 0 Å². The highest BCUT2D eigenvalue weighted by atomic mass is 19.1. The van der Waals surface area contributed by atoms with Gasteiger partial charge >= 0.3 is 0 Å². The van der Waals surface area contributed by atoms with Crippen molar-refractivity contribution in [1.82, 2.24) is 15.0 Å². The third-order valence-corrected chi connectivity index (χ3v) is 3.29. The van der Waals surface area contributed by atoms with Gasteiger partial charge in [0.1, 0.15) is 0 Å². The average Bonchev–Trinajstić information content (AvgIpc) is 3.22. The minimum absolute atomic E-state index is 0.101. The highest BCUT2D eigenvalue weighted by molar-refractivity contribution is 5.40. The first-order chi connectivity index (χ1) is 9.65. The molecule has 0 aliphatic heterocycles. The average molecular weight is 275 g/mol. The van der Waals surface area contributed by atoms with Crippen molar-refractivity contribution in [3.05, 3.63) is 35.9 Å². The maximum atomic E-state index is 13.6. The molecular formula is C13H14FN5O. The predicted octanol–water partition coefficient (Wildman–Crippen LogP) is 1.36. The lowest BCUT2D eigenvalue weighted by molar-refractivity contribution is 0.271. The van der Waals surface area contributed by atoms with Gasteiger partial charge in [0.25, 0.3) is 5.88 Å². The second kappa shape index (κ2) is 4.92. The van der Waals surface area contributed by atoms with Crippen molar-refractivity contribution >= 4 is 11.8 Å². The van der Waals surface area contributed by atoms with E-state index in [1.807, 2.05) is 18.2 Å². The Morgan fingerprint density at radius 1 is 1.30 bits per heavy atom. The lowest BCUT2D eigenvalue weighted by Crippen LogP contribution is -2.09. The summed E-state index contributed by atoms with van der Waals surface area (Å²) in [5, 5.41) is 0. The van der Waals surface area contributed by atoms with Crippen molar-refractivity contribution in [1.29, 1.82) is 0 Å². The number of ether oxygens (including phenoxy) is 1. The molecule has 7 heteroatoms. The molecule has 6 nitrogen and oxygen atoms in total. The van der Waals surface area contributed by atoms with E-state index in [-0.39, 0.29) is 17.6 Å². The number of halogens is 1. The zero-order valence-electron chi connectivity index (χ0n) is 10.7. The third kappa shape index (κ3) is 2.47. The van der Waals surface area contributed by atoms with Crippen molar-refractivity contribution in [2.75, 3.05) is 18.1 Å². The van der Waals surface area contributed by atoms with Gasteiger partial charge in [0.05, 0.1) is 6.61 Å². The molecule has 0 aromatic carbocycles. The first kappa shape index (κ1) is 12.6. The molecule has 0 saturated heterocycles. The Labute approximate surface area is 115 Å². The van der Waals surface area contributed by atoms with Gasteiger partial charge in [-0.3, -0.25) is 4.98 Å². The zero-order valence-corrected chi connectivity index (χ0v) is 10.7. The number of nitrogen functional groups attached to an aromatic ring is 2. The number of pyridine rings is 1. The van der Waals surface area contributed by atoms with E-state index in [9.17, 15) is 4.39 Å². The third-order valence-electron chi connectivity index (χ3n) is 3.29. The van der Waals surface area contributed by atoms with Crippen LogP contribution in [0.3, 0.4) is 0 Å². The summed E-state index contributed by atoms with van der Waals surface area (Å²) in [6.45, 7) is 0.355. The summed E-state index contributed by atoms with van der Waals surface area (Å²) in [5.74, 6) is -0.700. The Morgan fingerprint density at radius 2 is 2.15 bits per heavy atom. The minimum atomic E-state index is -0.769. The van der Waals surface area contributed by atoms with E-state index in [1.54, 1.807) is 6.20 Å². The van der Waals surface area contributed by atoms with Crippen molar-refractivity contribution in [2.24, 2.45) is 5.92 Å².